The molecule has 0 saturated carbocycles. The molecule has 1 aromatic heterocycles. The number of hydrogen-bond donors (Lipinski definition) is 2. The van der Waals surface area contributed by atoms with Gasteiger partial charge in [0, 0.05) is 6.54 Å². The van der Waals surface area contributed by atoms with Crippen molar-refractivity contribution in [2.24, 2.45) is 5.10 Å². The van der Waals surface area contributed by atoms with E-state index in [0.29, 0.717) is 11.7 Å². The number of benzene rings is 1. The number of hydrogen-bond acceptors (Lipinski definition) is 5. The number of nitrogens with zero attached hydrogens (tertiary/aromatic N) is 2. The van der Waals surface area contributed by atoms with Crippen LogP contribution >= 0.6 is 12.2 Å². The Morgan fingerprint density at radius 1 is 1.33 bits per heavy atom. The maximum atomic E-state index is 10.4. The summed E-state index contributed by atoms with van der Waals surface area (Å²) in [5, 5.41) is 17.6. The van der Waals surface area contributed by atoms with Gasteiger partial charge >= 0.3 is 5.88 Å². The van der Waals surface area contributed by atoms with Gasteiger partial charge in [-0.1, -0.05) is 30.3 Å². The lowest BCUT2D eigenvalue weighted by atomic mass is 10.2. The fourth-order valence-electron chi connectivity index (χ4n) is 1.48. The van der Waals surface area contributed by atoms with Crippen molar-refractivity contribution in [2.45, 2.75) is 6.54 Å². The minimum absolute atomic E-state index is 0.264. The van der Waals surface area contributed by atoms with Crippen LogP contribution in [0.1, 0.15) is 11.3 Å². The van der Waals surface area contributed by atoms with Crippen LogP contribution in [0.5, 0.6) is 0 Å². The van der Waals surface area contributed by atoms with Crippen LogP contribution in [0.3, 0.4) is 0 Å². The van der Waals surface area contributed by atoms with Crippen LogP contribution < -0.4 is 10.7 Å². The first-order valence-electron chi connectivity index (χ1n) is 6.00. The van der Waals surface area contributed by atoms with Crippen LogP contribution in [-0.2, 0) is 6.54 Å². The Balaban J connectivity index is 1.77. The van der Waals surface area contributed by atoms with Gasteiger partial charge in [-0.05, 0) is 23.8 Å². The molecule has 0 spiro atoms. The van der Waals surface area contributed by atoms with E-state index in [1.165, 1.54) is 18.3 Å². The van der Waals surface area contributed by atoms with Crippen LogP contribution in [0.2, 0.25) is 0 Å². The molecule has 0 atom stereocenters. The van der Waals surface area contributed by atoms with E-state index in [1.54, 1.807) is 0 Å². The lowest BCUT2D eigenvalue weighted by Crippen LogP contribution is -2.31. The first kappa shape index (κ1) is 14.7. The van der Waals surface area contributed by atoms with Crippen LogP contribution in [-0.4, -0.2) is 16.3 Å². The lowest BCUT2D eigenvalue weighted by Gasteiger charge is -2.06. The summed E-state index contributed by atoms with van der Waals surface area (Å²) in [4.78, 5) is 9.82. The van der Waals surface area contributed by atoms with Gasteiger partial charge in [0.25, 0.3) is 0 Å². The van der Waals surface area contributed by atoms with Gasteiger partial charge in [0.1, 0.15) is 4.92 Å². The van der Waals surface area contributed by atoms with Crippen LogP contribution in [0.15, 0.2) is 52.0 Å². The zero-order valence-electron chi connectivity index (χ0n) is 10.9. The molecular weight excluding hydrogens is 292 g/mol. The maximum Gasteiger partial charge on any atom is 0.433 e. The Bertz CT molecular complexity index is 654. The van der Waals surface area contributed by atoms with Crippen LogP contribution in [0.25, 0.3) is 0 Å². The highest BCUT2D eigenvalue weighted by Crippen LogP contribution is 2.13. The molecule has 2 rings (SSSR count). The van der Waals surface area contributed by atoms with Gasteiger partial charge in [0.05, 0.1) is 12.3 Å². The fourth-order valence-corrected chi connectivity index (χ4v) is 1.61. The third kappa shape index (κ3) is 4.69. The first-order chi connectivity index (χ1) is 10.1. The Morgan fingerprint density at radius 3 is 2.76 bits per heavy atom. The van der Waals surface area contributed by atoms with Gasteiger partial charge in [-0.3, -0.25) is 15.5 Å². The molecule has 2 N–H and O–H groups in total. The van der Waals surface area contributed by atoms with Gasteiger partial charge in [-0.25, -0.2) is 0 Å². The molecule has 0 amide bonds. The fraction of sp³-hybridized carbons (Fsp3) is 0.0769. The summed E-state index contributed by atoms with van der Waals surface area (Å²) >= 11 is 5.04. The minimum atomic E-state index is -0.614. The summed E-state index contributed by atoms with van der Waals surface area (Å²) in [5.74, 6) is -0.0683. The molecule has 0 bridgehead atoms. The van der Waals surface area contributed by atoms with E-state index in [-0.39, 0.29) is 11.6 Å². The smallest absolute Gasteiger partial charge is 0.400 e. The molecule has 8 heteroatoms. The Kier molecular flexibility index (Phi) is 4.99. The highest BCUT2D eigenvalue weighted by atomic mass is 32.1. The molecule has 0 fully saturated rings. The largest absolute Gasteiger partial charge is 0.433 e. The predicted molar refractivity (Wildman–Crippen MR) is 82.0 cm³/mol. The second-order valence-corrected chi connectivity index (χ2v) is 4.38. The second-order valence-electron chi connectivity index (χ2n) is 3.97. The van der Waals surface area contributed by atoms with Crippen molar-refractivity contribution in [3.05, 3.63) is 63.9 Å². The minimum Gasteiger partial charge on any atom is -0.400 e. The molecule has 1 heterocycles. The average molecular weight is 304 g/mol. The van der Waals surface area contributed by atoms with Gasteiger partial charge < -0.3 is 9.73 Å². The molecule has 2 aromatic rings. The Hall–Kier alpha value is -2.74. The van der Waals surface area contributed by atoms with Gasteiger partial charge in [0.2, 0.25) is 0 Å². The van der Waals surface area contributed by atoms with Crippen LogP contribution in [0, 0.1) is 10.1 Å². The molecule has 1 aromatic carbocycles. The maximum absolute atomic E-state index is 10.4. The third-order valence-corrected chi connectivity index (χ3v) is 2.68. The molecular formula is C13H12N4O3S. The number of furan rings is 1. The van der Waals surface area contributed by atoms with Crippen molar-refractivity contribution in [1.82, 2.24) is 10.7 Å². The highest BCUT2D eigenvalue weighted by Gasteiger charge is 2.10. The van der Waals surface area contributed by atoms with E-state index in [9.17, 15) is 10.1 Å². The number of nitro groups is 1. The molecule has 0 aliphatic rings. The third-order valence-electron chi connectivity index (χ3n) is 2.45. The highest BCUT2D eigenvalue weighted by molar-refractivity contribution is 7.80. The van der Waals surface area contributed by atoms with Crippen molar-refractivity contribution < 1.29 is 9.34 Å². The SMILES string of the molecule is O=[N+]([O-])c1ccc(/C=N/NC(=S)NCc2ccccc2)o1. The van der Waals surface area contributed by atoms with Crippen molar-refractivity contribution in [2.75, 3.05) is 0 Å². The average Bonchev–Trinajstić information content (AvgIpc) is 2.95. The standard InChI is InChI=1S/C13H12N4O3S/c18-17(19)12-7-6-11(20-12)9-15-16-13(21)14-8-10-4-2-1-3-5-10/h1-7,9H,8H2,(H2,14,16,21)/b15-9+. The first-order valence-corrected chi connectivity index (χ1v) is 6.41. The summed E-state index contributed by atoms with van der Waals surface area (Å²) in [6, 6.07) is 12.5. The number of thiocarbonyl (C=S) groups is 1. The molecule has 7 nitrogen and oxygen atoms in total. The van der Waals surface area contributed by atoms with E-state index < -0.39 is 4.92 Å². The summed E-state index contributed by atoms with van der Waals surface area (Å²) in [5.41, 5.74) is 3.69. The lowest BCUT2D eigenvalue weighted by molar-refractivity contribution is -0.402. The van der Waals surface area contributed by atoms with Crippen LogP contribution in [0.4, 0.5) is 5.88 Å². The van der Waals surface area contributed by atoms with Crippen molar-refractivity contribution in [1.29, 1.82) is 0 Å². The van der Waals surface area contributed by atoms with E-state index in [0.717, 1.165) is 5.56 Å². The zero-order chi connectivity index (χ0) is 15.1. The molecule has 21 heavy (non-hydrogen) atoms. The van der Waals surface area contributed by atoms with E-state index in [1.807, 2.05) is 30.3 Å². The van der Waals surface area contributed by atoms with Crippen molar-refractivity contribution >= 4 is 29.4 Å². The van der Waals surface area contributed by atoms with Gasteiger partial charge in [-0.2, -0.15) is 5.10 Å². The van der Waals surface area contributed by atoms with E-state index in [4.69, 9.17) is 16.6 Å². The Morgan fingerprint density at radius 2 is 2.10 bits per heavy atom. The van der Waals surface area contributed by atoms with Crippen molar-refractivity contribution in [3.63, 3.8) is 0 Å². The molecule has 0 radical (unpaired) electrons. The predicted octanol–water partition coefficient (Wildman–Crippen LogP) is 2.19. The number of hydrazone groups is 1. The Labute approximate surface area is 125 Å². The number of rotatable bonds is 5. The van der Waals surface area contributed by atoms with Gasteiger partial charge in [-0.15, -0.1) is 0 Å². The molecule has 0 aliphatic heterocycles. The van der Waals surface area contributed by atoms with E-state index in [2.05, 4.69) is 15.8 Å². The zero-order valence-corrected chi connectivity index (χ0v) is 11.7. The quantitative estimate of drug-likeness (QED) is 0.381. The monoisotopic (exact) mass is 304 g/mol. The molecule has 108 valence electrons. The van der Waals surface area contributed by atoms with Crippen molar-refractivity contribution in [3.8, 4) is 0 Å². The molecule has 0 saturated heterocycles. The number of nitrogens with one attached hydrogen (secondary N) is 2. The summed E-state index contributed by atoms with van der Waals surface area (Å²) in [7, 11) is 0. The summed E-state index contributed by atoms with van der Waals surface area (Å²) < 4.78 is 4.90. The second kappa shape index (κ2) is 7.15. The summed E-state index contributed by atoms with van der Waals surface area (Å²) in [6.07, 6.45) is 1.31. The van der Waals surface area contributed by atoms with E-state index >= 15 is 0 Å². The molecule has 0 aliphatic carbocycles. The van der Waals surface area contributed by atoms with Gasteiger partial charge in [0.15, 0.2) is 10.9 Å². The topological polar surface area (TPSA) is 92.7 Å². The summed E-state index contributed by atoms with van der Waals surface area (Å²) in [6.45, 7) is 0.578. The molecule has 0 unspecified atom stereocenters. The normalized spacial score (nSPS) is 10.5.